The Hall–Kier alpha value is -5.01. The molecule has 0 radical (unpaired) electrons. The van der Waals surface area contributed by atoms with Gasteiger partial charge in [0.25, 0.3) is 0 Å². The molecule has 5 rings (SSSR count). The number of ether oxygens (including phenoxy) is 2. The maximum Gasteiger partial charge on any atom is 0.323 e. The minimum Gasteiger partial charge on any atom is -0.489 e. The Bertz CT molecular complexity index is 1430. The van der Waals surface area contributed by atoms with E-state index in [9.17, 15) is 10.1 Å². The van der Waals surface area contributed by atoms with E-state index in [2.05, 4.69) is 37.0 Å². The van der Waals surface area contributed by atoms with Crippen LogP contribution in [0.4, 0.5) is 27.8 Å². The van der Waals surface area contributed by atoms with Crippen LogP contribution in [0.2, 0.25) is 0 Å². The number of amides is 2. The van der Waals surface area contributed by atoms with Crippen LogP contribution in [0, 0.1) is 11.3 Å². The number of rotatable bonds is 7. The van der Waals surface area contributed by atoms with Gasteiger partial charge in [0.2, 0.25) is 5.95 Å². The number of hydrogen-bond donors (Lipinski definition) is 3. The van der Waals surface area contributed by atoms with Crippen LogP contribution in [0.15, 0.2) is 79.3 Å². The molecule has 2 aromatic carbocycles. The molecule has 3 heterocycles. The molecule has 1 fully saturated rings. The largest absolute Gasteiger partial charge is 0.489 e. The van der Waals surface area contributed by atoms with Crippen LogP contribution in [0.1, 0.15) is 18.4 Å². The number of anilines is 4. The van der Waals surface area contributed by atoms with E-state index in [0.29, 0.717) is 47.5 Å². The van der Waals surface area contributed by atoms with Crippen molar-refractivity contribution in [1.82, 2.24) is 15.0 Å². The second-order valence-corrected chi connectivity index (χ2v) is 8.54. The van der Waals surface area contributed by atoms with E-state index in [-0.39, 0.29) is 12.1 Å². The number of hydrogen-bond acceptors (Lipinski definition) is 8. The van der Waals surface area contributed by atoms with Gasteiger partial charge in [-0.05, 0) is 60.7 Å². The molecule has 190 valence electrons. The fourth-order valence-corrected chi connectivity index (χ4v) is 3.93. The molecule has 0 bridgehead atoms. The van der Waals surface area contributed by atoms with Gasteiger partial charge in [-0.25, -0.2) is 14.8 Å². The van der Waals surface area contributed by atoms with Crippen LogP contribution in [0.3, 0.4) is 0 Å². The number of urea groups is 1. The minimum absolute atomic E-state index is 0.0499. The van der Waals surface area contributed by atoms with Crippen molar-refractivity contribution in [3.8, 4) is 23.1 Å². The number of aromatic nitrogens is 3. The SMILES string of the molecule is N#Cc1cc(-c2ccnc(Nc3ccc(NC(=O)Nc4ccncc4)cc3)n2)ccc1OC1CCOCC1. The van der Waals surface area contributed by atoms with Crippen molar-refractivity contribution < 1.29 is 14.3 Å². The molecule has 4 aromatic rings. The third kappa shape index (κ3) is 6.40. The number of nitrogens with zero attached hydrogens (tertiary/aromatic N) is 4. The zero-order valence-corrected chi connectivity index (χ0v) is 20.4. The summed E-state index contributed by atoms with van der Waals surface area (Å²) >= 11 is 0. The van der Waals surface area contributed by atoms with Gasteiger partial charge >= 0.3 is 6.03 Å². The van der Waals surface area contributed by atoms with Crippen LogP contribution < -0.4 is 20.7 Å². The first-order valence-electron chi connectivity index (χ1n) is 12.1. The van der Waals surface area contributed by atoms with Gasteiger partial charge in [0.05, 0.1) is 24.5 Å². The molecule has 0 spiro atoms. The molecule has 2 amide bonds. The molecule has 1 aliphatic rings. The average Bonchev–Trinajstić information content (AvgIpc) is 2.95. The van der Waals surface area contributed by atoms with E-state index in [0.717, 1.165) is 24.1 Å². The van der Waals surface area contributed by atoms with E-state index in [1.54, 1.807) is 55.0 Å². The maximum absolute atomic E-state index is 12.2. The molecule has 0 aliphatic carbocycles. The van der Waals surface area contributed by atoms with Crippen molar-refractivity contribution in [2.75, 3.05) is 29.2 Å². The van der Waals surface area contributed by atoms with Crippen molar-refractivity contribution in [1.29, 1.82) is 5.26 Å². The van der Waals surface area contributed by atoms with Crippen molar-refractivity contribution in [3.63, 3.8) is 0 Å². The summed E-state index contributed by atoms with van der Waals surface area (Å²) in [5.74, 6) is 0.971. The van der Waals surface area contributed by atoms with Crippen molar-refractivity contribution >= 4 is 29.0 Å². The molecule has 0 unspecified atom stereocenters. The first-order chi connectivity index (χ1) is 18.7. The lowest BCUT2D eigenvalue weighted by Gasteiger charge is -2.23. The van der Waals surface area contributed by atoms with Gasteiger partial charge in [-0.15, -0.1) is 0 Å². The summed E-state index contributed by atoms with van der Waals surface area (Å²) in [6, 6.07) is 19.7. The van der Waals surface area contributed by atoms with Crippen LogP contribution >= 0.6 is 0 Å². The zero-order valence-electron chi connectivity index (χ0n) is 20.4. The molecule has 1 saturated heterocycles. The third-order valence-corrected chi connectivity index (χ3v) is 5.85. The van der Waals surface area contributed by atoms with Crippen LogP contribution in [0.5, 0.6) is 5.75 Å². The molecule has 2 aromatic heterocycles. The second-order valence-electron chi connectivity index (χ2n) is 8.54. The summed E-state index contributed by atoms with van der Waals surface area (Å²) in [7, 11) is 0. The summed E-state index contributed by atoms with van der Waals surface area (Å²) in [4.78, 5) is 25.0. The molecular formula is C28H25N7O3. The first-order valence-corrected chi connectivity index (χ1v) is 12.1. The lowest BCUT2D eigenvalue weighted by atomic mass is 10.1. The van der Waals surface area contributed by atoms with Crippen LogP contribution in [0.25, 0.3) is 11.3 Å². The molecular weight excluding hydrogens is 482 g/mol. The molecule has 0 atom stereocenters. The summed E-state index contributed by atoms with van der Waals surface area (Å²) < 4.78 is 11.4. The molecule has 38 heavy (non-hydrogen) atoms. The lowest BCUT2D eigenvalue weighted by molar-refractivity contribution is 0.0254. The Morgan fingerprint density at radius 3 is 2.37 bits per heavy atom. The Morgan fingerprint density at radius 2 is 1.63 bits per heavy atom. The maximum atomic E-state index is 12.2. The number of carbonyl (C=O) groups excluding carboxylic acids is 1. The molecule has 0 saturated carbocycles. The number of carbonyl (C=O) groups is 1. The minimum atomic E-state index is -0.353. The van der Waals surface area contributed by atoms with Crippen LogP contribution in [-0.4, -0.2) is 40.3 Å². The fraction of sp³-hybridized carbons (Fsp3) is 0.179. The highest BCUT2D eigenvalue weighted by Gasteiger charge is 2.17. The van der Waals surface area contributed by atoms with Crippen LogP contribution in [-0.2, 0) is 4.74 Å². The number of pyridine rings is 1. The third-order valence-electron chi connectivity index (χ3n) is 5.85. The van der Waals surface area contributed by atoms with E-state index in [1.165, 1.54) is 0 Å². The smallest absolute Gasteiger partial charge is 0.323 e. The van der Waals surface area contributed by atoms with Gasteiger partial charge in [0.15, 0.2) is 0 Å². The zero-order chi connectivity index (χ0) is 26.2. The quantitative estimate of drug-likeness (QED) is 0.305. The highest BCUT2D eigenvalue weighted by molar-refractivity contribution is 5.99. The molecule has 3 N–H and O–H groups in total. The fourth-order valence-electron chi connectivity index (χ4n) is 3.93. The average molecular weight is 508 g/mol. The Balaban J connectivity index is 1.23. The highest BCUT2D eigenvalue weighted by atomic mass is 16.5. The summed E-state index contributed by atoms with van der Waals surface area (Å²) in [6.07, 6.45) is 6.53. The Kier molecular flexibility index (Phi) is 7.67. The van der Waals surface area contributed by atoms with E-state index < -0.39 is 0 Å². The predicted molar refractivity (Wildman–Crippen MR) is 143 cm³/mol. The van der Waals surface area contributed by atoms with Crippen molar-refractivity contribution in [3.05, 3.63) is 84.8 Å². The first kappa shape index (κ1) is 24.7. The van der Waals surface area contributed by atoms with Crippen molar-refractivity contribution in [2.24, 2.45) is 0 Å². The van der Waals surface area contributed by atoms with Gasteiger partial charge < -0.3 is 25.4 Å². The highest BCUT2D eigenvalue weighted by Crippen LogP contribution is 2.28. The summed E-state index contributed by atoms with van der Waals surface area (Å²) in [6.45, 7) is 1.34. The van der Waals surface area contributed by atoms with Gasteiger partial charge in [-0.1, -0.05) is 0 Å². The topological polar surface area (TPSA) is 134 Å². The number of benzene rings is 2. The van der Waals surface area contributed by atoms with Gasteiger partial charge in [-0.2, -0.15) is 5.26 Å². The second kappa shape index (κ2) is 11.8. The van der Waals surface area contributed by atoms with Crippen molar-refractivity contribution in [2.45, 2.75) is 18.9 Å². The monoisotopic (exact) mass is 507 g/mol. The molecule has 10 heteroatoms. The van der Waals surface area contributed by atoms with E-state index in [4.69, 9.17) is 9.47 Å². The van der Waals surface area contributed by atoms with Gasteiger partial charge in [0, 0.05) is 54.1 Å². The summed E-state index contributed by atoms with van der Waals surface area (Å²) in [5, 5.41) is 18.4. The van der Waals surface area contributed by atoms with Gasteiger partial charge in [0.1, 0.15) is 17.9 Å². The predicted octanol–water partition coefficient (Wildman–Crippen LogP) is 5.36. The number of nitriles is 1. The Morgan fingerprint density at radius 1 is 0.921 bits per heavy atom. The number of nitrogens with one attached hydrogen (secondary N) is 3. The summed E-state index contributed by atoms with van der Waals surface area (Å²) in [5.41, 5.74) is 3.94. The standard InChI is InChI=1S/C28H25N7O3/c29-18-20-17-19(1-6-26(20)38-24-10-15-37-16-11-24)25-9-14-31-27(35-25)32-21-2-4-22(5-3-21)33-28(36)34-23-7-12-30-13-8-23/h1-9,12-14,17,24H,10-11,15-16H2,(H,31,32,35)(H2,30,33,34,36). The lowest BCUT2D eigenvalue weighted by Crippen LogP contribution is -2.26. The van der Waals surface area contributed by atoms with E-state index in [1.807, 2.05) is 24.3 Å². The van der Waals surface area contributed by atoms with E-state index >= 15 is 0 Å². The van der Waals surface area contributed by atoms with Gasteiger partial charge in [-0.3, -0.25) is 4.98 Å². The molecule has 10 nitrogen and oxygen atoms in total. The normalized spacial score (nSPS) is 13.2. The molecule has 1 aliphatic heterocycles. The Labute approximate surface area is 219 Å².